The van der Waals surface area contributed by atoms with Gasteiger partial charge in [0.2, 0.25) is 17.7 Å². The summed E-state index contributed by atoms with van der Waals surface area (Å²) in [5.41, 5.74) is 5.57. The molecule has 0 saturated heterocycles. The molecule has 0 spiro atoms. The van der Waals surface area contributed by atoms with E-state index in [-0.39, 0.29) is 12.3 Å². The van der Waals surface area contributed by atoms with Gasteiger partial charge in [0.25, 0.3) is 0 Å². The molecule has 0 saturated carbocycles. The Morgan fingerprint density at radius 3 is 1.72 bits per heavy atom. The van der Waals surface area contributed by atoms with Crippen LogP contribution in [0.3, 0.4) is 0 Å². The number of nitrogens with one attached hydrogen (secondary N) is 3. The van der Waals surface area contributed by atoms with Crippen LogP contribution < -0.4 is 21.7 Å². The van der Waals surface area contributed by atoms with Gasteiger partial charge in [0.15, 0.2) is 0 Å². The van der Waals surface area contributed by atoms with Gasteiger partial charge < -0.3 is 42.1 Å². The van der Waals surface area contributed by atoms with Crippen molar-refractivity contribution < 1.29 is 44.4 Å². The molecule has 0 aromatic carbocycles. The van der Waals surface area contributed by atoms with Crippen LogP contribution in [0.5, 0.6) is 0 Å². The molecule has 32 heavy (non-hydrogen) atoms. The maximum atomic E-state index is 12.7. The van der Waals surface area contributed by atoms with E-state index in [1.165, 1.54) is 13.8 Å². The Morgan fingerprint density at radius 1 is 0.781 bits per heavy atom. The number of hydrogen-bond donors (Lipinski definition) is 8. The lowest BCUT2D eigenvalue weighted by Crippen LogP contribution is -2.60. The van der Waals surface area contributed by atoms with Crippen LogP contribution in [0.15, 0.2) is 0 Å². The summed E-state index contributed by atoms with van der Waals surface area (Å²) in [5, 5.41) is 44.1. The van der Waals surface area contributed by atoms with Gasteiger partial charge in [0.05, 0.1) is 12.2 Å². The zero-order valence-corrected chi connectivity index (χ0v) is 18.6. The lowest BCUT2D eigenvalue weighted by molar-refractivity contribution is -0.144. The number of carbonyl (C=O) groups is 5. The van der Waals surface area contributed by atoms with Gasteiger partial charge in [0, 0.05) is 6.42 Å². The molecule has 6 atom stereocenters. The van der Waals surface area contributed by atoms with E-state index in [2.05, 4.69) is 16.0 Å². The van der Waals surface area contributed by atoms with Gasteiger partial charge in [-0.05, 0) is 32.6 Å². The molecule has 13 heteroatoms. The minimum atomic E-state index is -1.58. The van der Waals surface area contributed by atoms with E-state index >= 15 is 0 Å². The molecule has 0 fully saturated rings. The zero-order chi connectivity index (χ0) is 25.2. The number of hydrogen-bond acceptors (Lipinski definition) is 8. The average Bonchev–Trinajstić information content (AvgIpc) is 2.66. The number of nitrogens with two attached hydrogens (primary N) is 1. The minimum Gasteiger partial charge on any atom is -0.481 e. The van der Waals surface area contributed by atoms with E-state index in [1.807, 2.05) is 0 Å². The molecule has 0 heterocycles. The zero-order valence-electron chi connectivity index (χ0n) is 18.6. The van der Waals surface area contributed by atoms with E-state index in [0.29, 0.717) is 0 Å². The fourth-order valence-corrected chi connectivity index (χ4v) is 2.64. The number of rotatable bonds is 14. The van der Waals surface area contributed by atoms with Crippen molar-refractivity contribution in [2.45, 2.75) is 83.3 Å². The summed E-state index contributed by atoms with van der Waals surface area (Å²) in [6, 6.07) is -5.57. The van der Waals surface area contributed by atoms with Crippen LogP contribution in [-0.2, 0) is 24.0 Å². The van der Waals surface area contributed by atoms with E-state index in [9.17, 15) is 39.3 Å². The first-order valence-corrected chi connectivity index (χ1v) is 10.1. The largest absolute Gasteiger partial charge is 0.481 e. The number of carboxylic acids is 2. The summed E-state index contributed by atoms with van der Waals surface area (Å²) in [7, 11) is 0. The van der Waals surface area contributed by atoms with Crippen molar-refractivity contribution in [1.82, 2.24) is 16.0 Å². The van der Waals surface area contributed by atoms with Crippen LogP contribution in [0.2, 0.25) is 0 Å². The monoisotopic (exact) mass is 462 g/mol. The molecule has 0 aromatic rings. The number of aliphatic hydroxyl groups excluding tert-OH is 2. The smallest absolute Gasteiger partial charge is 0.326 e. The Labute approximate surface area is 185 Å². The number of aliphatic hydroxyl groups is 2. The van der Waals surface area contributed by atoms with Crippen molar-refractivity contribution in [3.8, 4) is 0 Å². The van der Waals surface area contributed by atoms with E-state index in [1.54, 1.807) is 13.8 Å². The lowest BCUT2D eigenvalue weighted by Gasteiger charge is -2.27. The highest BCUT2D eigenvalue weighted by atomic mass is 16.4. The van der Waals surface area contributed by atoms with E-state index in [0.717, 1.165) is 0 Å². The third kappa shape index (κ3) is 10.5. The fraction of sp³-hybridized carbons (Fsp3) is 0.737. The van der Waals surface area contributed by atoms with Gasteiger partial charge in [-0.1, -0.05) is 13.8 Å². The number of carbonyl (C=O) groups excluding carboxylic acids is 3. The summed E-state index contributed by atoms with van der Waals surface area (Å²) in [6.45, 7) is 6.05. The molecule has 9 N–H and O–H groups in total. The SMILES string of the molecule is CC(C)CC(NC(=O)C(N)C(C)O)C(=O)NC(C(=O)NC(CCC(=O)O)C(=O)O)C(C)O. The predicted molar refractivity (Wildman–Crippen MR) is 111 cm³/mol. The van der Waals surface area contributed by atoms with Crippen LogP contribution >= 0.6 is 0 Å². The Balaban J connectivity index is 5.43. The van der Waals surface area contributed by atoms with Crippen LogP contribution in [-0.4, -0.2) is 86.5 Å². The molecule has 0 rings (SSSR count). The van der Waals surface area contributed by atoms with E-state index in [4.69, 9.17) is 10.8 Å². The topological polar surface area (TPSA) is 228 Å². The van der Waals surface area contributed by atoms with Gasteiger partial charge in [-0.25, -0.2) is 4.79 Å². The lowest BCUT2D eigenvalue weighted by atomic mass is 10.0. The first-order chi connectivity index (χ1) is 14.7. The first-order valence-electron chi connectivity index (χ1n) is 10.1. The van der Waals surface area contributed by atoms with Crippen molar-refractivity contribution in [3.63, 3.8) is 0 Å². The Bertz CT molecular complexity index is 682. The normalized spacial score (nSPS) is 16.8. The first kappa shape index (κ1) is 29.2. The summed E-state index contributed by atoms with van der Waals surface area (Å²) < 4.78 is 0. The second-order valence-corrected chi connectivity index (χ2v) is 8.02. The van der Waals surface area contributed by atoms with Crippen molar-refractivity contribution in [1.29, 1.82) is 0 Å². The van der Waals surface area contributed by atoms with E-state index < -0.39 is 78.9 Å². The second kappa shape index (κ2) is 13.6. The van der Waals surface area contributed by atoms with Crippen molar-refractivity contribution in [3.05, 3.63) is 0 Å². The molecule has 0 aliphatic carbocycles. The van der Waals surface area contributed by atoms with Gasteiger partial charge in [-0.2, -0.15) is 0 Å². The fourth-order valence-electron chi connectivity index (χ4n) is 2.64. The Kier molecular flexibility index (Phi) is 12.4. The highest BCUT2D eigenvalue weighted by Crippen LogP contribution is 2.08. The Morgan fingerprint density at radius 2 is 1.31 bits per heavy atom. The molecular formula is C19H34N4O9. The Hall–Kier alpha value is -2.77. The van der Waals surface area contributed by atoms with Crippen LogP contribution in [0, 0.1) is 5.92 Å². The summed E-state index contributed by atoms with van der Waals surface area (Å²) in [6.07, 6.45) is -3.39. The molecule has 6 unspecified atom stereocenters. The quantitative estimate of drug-likeness (QED) is 0.135. The number of amides is 3. The maximum absolute atomic E-state index is 12.7. The van der Waals surface area contributed by atoms with Crippen LogP contribution in [0.25, 0.3) is 0 Å². The van der Waals surface area contributed by atoms with Crippen molar-refractivity contribution in [2.75, 3.05) is 0 Å². The van der Waals surface area contributed by atoms with Gasteiger partial charge in [-0.3, -0.25) is 19.2 Å². The van der Waals surface area contributed by atoms with Gasteiger partial charge in [-0.15, -0.1) is 0 Å². The van der Waals surface area contributed by atoms with Crippen molar-refractivity contribution in [2.24, 2.45) is 11.7 Å². The molecule has 184 valence electrons. The third-order valence-corrected chi connectivity index (χ3v) is 4.49. The van der Waals surface area contributed by atoms with Crippen LogP contribution in [0.1, 0.15) is 47.0 Å². The molecule has 0 aromatic heterocycles. The summed E-state index contributed by atoms with van der Waals surface area (Å²) >= 11 is 0. The molecule has 0 aliphatic heterocycles. The maximum Gasteiger partial charge on any atom is 0.326 e. The molecule has 3 amide bonds. The van der Waals surface area contributed by atoms with Crippen LogP contribution in [0.4, 0.5) is 0 Å². The average molecular weight is 463 g/mol. The standard InChI is InChI=1S/C19H34N4O9/c1-8(2)7-12(22-17(29)14(20)9(3)24)16(28)23-15(10(4)25)18(30)21-11(19(31)32)5-6-13(26)27/h8-12,14-15,24-25H,5-7,20H2,1-4H3,(H,21,30)(H,22,29)(H,23,28)(H,26,27)(H,31,32). The predicted octanol–water partition coefficient (Wildman–Crippen LogP) is -2.47. The minimum absolute atomic E-state index is 0.0694. The molecule has 0 aliphatic rings. The molecular weight excluding hydrogens is 428 g/mol. The summed E-state index contributed by atoms with van der Waals surface area (Å²) in [4.78, 5) is 59.4. The highest BCUT2D eigenvalue weighted by Gasteiger charge is 2.33. The third-order valence-electron chi connectivity index (χ3n) is 4.49. The number of aliphatic carboxylic acids is 2. The van der Waals surface area contributed by atoms with Gasteiger partial charge in [0.1, 0.15) is 24.2 Å². The van der Waals surface area contributed by atoms with Gasteiger partial charge >= 0.3 is 11.9 Å². The molecule has 13 nitrogen and oxygen atoms in total. The molecule has 0 bridgehead atoms. The number of carboxylic acid groups (broad SMARTS) is 2. The molecule has 0 radical (unpaired) electrons. The summed E-state index contributed by atoms with van der Waals surface area (Å²) in [5.74, 6) is -5.47. The highest BCUT2D eigenvalue weighted by molar-refractivity contribution is 5.94. The second-order valence-electron chi connectivity index (χ2n) is 8.02. The van der Waals surface area contributed by atoms with Crippen molar-refractivity contribution >= 4 is 29.7 Å².